The number of pyridine rings is 1. The summed E-state index contributed by atoms with van der Waals surface area (Å²) < 4.78 is 5.12. The Morgan fingerprint density at radius 1 is 1.25 bits per heavy atom. The third-order valence-corrected chi connectivity index (χ3v) is 5.72. The van der Waals surface area contributed by atoms with Gasteiger partial charge >= 0.3 is 0 Å². The van der Waals surface area contributed by atoms with Crippen molar-refractivity contribution < 1.29 is 19.1 Å². The molecule has 4 rings (SSSR count). The molecular formula is C24H22ClN3O4. The van der Waals surface area contributed by atoms with E-state index >= 15 is 0 Å². The zero-order chi connectivity index (χ0) is 22.9. The Labute approximate surface area is 190 Å². The maximum absolute atomic E-state index is 12.4. The molecule has 164 valence electrons. The van der Waals surface area contributed by atoms with Crippen LogP contribution < -0.4 is 5.32 Å². The van der Waals surface area contributed by atoms with Gasteiger partial charge in [-0.3, -0.25) is 9.59 Å². The Morgan fingerprint density at radius 2 is 2.06 bits per heavy atom. The highest BCUT2D eigenvalue weighted by Crippen LogP contribution is 2.32. The Hall–Kier alpha value is -3.29. The second kappa shape index (κ2) is 8.68. The summed E-state index contributed by atoms with van der Waals surface area (Å²) in [7, 11) is 0. The molecule has 7 nitrogen and oxygen atoms in total. The van der Waals surface area contributed by atoms with Crippen LogP contribution in [0.4, 0.5) is 11.5 Å². The molecule has 8 heteroatoms. The van der Waals surface area contributed by atoms with Crippen molar-refractivity contribution >= 4 is 40.5 Å². The number of aliphatic hydroxyl groups excluding tert-OH is 1. The number of aliphatic hydroxyl groups is 1. The number of aromatic nitrogens is 1. The van der Waals surface area contributed by atoms with Gasteiger partial charge in [0.2, 0.25) is 0 Å². The van der Waals surface area contributed by atoms with E-state index in [2.05, 4.69) is 15.3 Å². The summed E-state index contributed by atoms with van der Waals surface area (Å²) in [4.78, 5) is 33.7. The molecule has 0 radical (unpaired) electrons. The van der Waals surface area contributed by atoms with Crippen molar-refractivity contribution in [3.05, 3.63) is 76.3 Å². The first-order valence-electron chi connectivity index (χ1n) is 10.1. The molecule has 1 aliphatic rings. The lowest BCUT2D eigenvalue weighted by molar-refractivity contribution is -0.128. The van der Waals surface area contributed by atoms with Crippen molar-refractivity contribution in [1.82, 2.24) is 4.98 Å². The van der Waals surface area contributed by atoms with Gasteiger partial charge in [-0.2, -0.15) is 0 Å². The third-order valence-electron chi connectivity index (χ3n) is 5.39. The predicted molar refractivity (Wildman–Crippen MR) is 122 cm³/mol. The molecule has 2 N–H and O–H groups in total. The van der Waals surface area contributed by atoms with Crippen molar-refractivity contribution in [3.8, 4) is 0 Å². The fraction of sp³-hybridized carbons (Fsp3) is 0.250. The summed E-state index contributed by atoms with van der Waals surface area (Å²) in [6, 6.07) is 10.3. The number of furan rings is 1. The first-order chi connectivity index (χ1) is 15.3. The van der Waals surface area contributed by atoms with E-state index in [0.29, 0.717) is 28.5 Å². The lowest BCUT2D eigenvalue weighted by Gasteiger charge is -2.19. The maximum Gasteiger partial charge on any atom is 0.291 e. The van der Waals surface area contributed by atoms with E-state index in [0.717, 1.165) is 16.8 Å². The molecule has 0 saturated carbocycles. The molecule has 0 unspecified atom stereocenters. The van der Waals surface area contributed by atoms with Crippen molar-refractivity contribution in [2.75, 3.05) is 11.9 Å². The highest BCUT2D eigenvalue weighted by atomic mass is 35.5. The van der Waals surface area contributed by atoms with Gasteiger partial charge in [0.1, 0.15) is 5.78 Å². The molecule has 0 saturated heterocycles. The van der Waals surface area contributed by atoms with E-state index in [9.17, 15) is 14.7 Å². The van der Waals surface area contributed by atoms with Crippen LogP contribution in [0.25, 0.3) is 0 Å². The number of nitrogens with one attached hydrogen (secondary N) is 1. The van der Waals surface area contributed by atoms with Gasteiger partial charge in [-0.05, 0) is 42.0 Å². The van der Waals surface area contributed by atoms with E-state index in [1.165, 1.54) is 6.26 Å². The second-order valence-electron chi connectivity index (χ2n) is 8.33. The van der Waals surface area contributed by atoms with Gasteiger partial charge in [-0.25, -0.2) is 9.98 Å². The average molecular weight is 452 g/mol. The first-order valence-corrected chi connectivity index (χ1v) is 10.5. The molecule has 0 aliphatic carbocycles. The normalized spacial score (nSPS) is 12.9. The Bertz CT molecular complexity index is 1220. The van der Waals surface area contributed by atoms with Gasteiger partial charge < -0.3 is 14.8 Å². The highest BCUT2D eigenvalue weighted by molar-refractivity contribution is 6.34. The van der Waals surface area contributed by atoms with Gasteiger partial charge in [0, 0.05) is 46.3 Å². The number of carbonyl (C=O) groups excluding carboxylic acids is 2. The third kappa shape index (κ3) is 4.49. The molecule has 0 atom stereocenters. The van der Waals surface area contributed by atoms with Gasteiger partial charge in [-0.1, -0.05) is 25.4 Å². The highest BCUT2D eigenvalue weighted by Gasteiger charge is 2.27. The SMILES string of the molecule is CC(C)(CO)C(=O)Cc1cnc2c(c1)CC(c1cc(NC(=O)c3ccco3)ccc1Cl)=N2. The van der Waals surface area contributed by atoms with Crippen molar-refractivity contribution in [2.24, 2.45) is 10.4 Å². The van der Waals surface area contributed by atoms with Crippen LogP contribution >= 0.6 is 11.6 Å². The minimum absolute atomic E-state index is 0.0519. The molecule has 3 aromatic rings. The van der Waals surface area contributed by atoms with E-state index in [1.807, 2.05) is 6.07 Å². The zero-order valence-corrected chi connectivity index (χ0v) is 18.4. The van der Waals surface area contributed by atoms with Crippen molar-refractivity contribution in [2.45, 2.75) is 26.7 Å². The van der Waals surface area contributed by atoms with Crippen LogP contribution in [0.1, 0.15) is 41.1 Å². The van der Waals surface area contributed by atoms with Crippen LogP contribution in [-0.2, 0) is 17.6 Å². The average Bonchev–Trinajstić information content (AvgIpc) is 3.44. The van der Waals surface area contributed by atoms with E-state index < -0.39 is 5.41 Å². The number of anilines is 1. The number of benzene rings is 1. The Balaban J connectivity index is 1.52. The maximum atomic E-state index is 12.4. The van der Waals surface area contributed by atoms with Crippen LogP contribution in [0.5, 0.6) is 0 Å². The number of rotatable bonds is 7. The summed E-state index contributed by atoms with van der Waals surface area (Å²) in [5.41, 5.74) is 2.86. The molecule has 0 bridgehead atoms. The van der Waals surface area contributed by atoms with Crippen LogP contribution in [0.2, 0.25) is 5.02 Å². The van der Waals surface area contributed by atoms with E-state index in [1.54, 1.807) is 50.4 Å². The van der Waals surface area contributed by atoms with E-state index in [4.69, 9.17) is 16.0 Å². The molecule has 1 amide bonds. The van der Waals surface area contributed by atoms with E-state index in [-0.39, 0.29) is 30.5 Å². The van der Waals surface area contributed by atoms with Gasteiger partial charge in [0.05, 0.1) is 18.6 Å². The zero-order valence-electron chi connectivity index (χ0n) is 17.7. The lowest BCUT2D eigenvalue weighted by atomic mass is 9.86. The number of nitrogens with zero attached hydrogens (tertiary/aromatic N) is 2. The molecule has 0 spiro atoms. The number of ketones is 1. The van der Waals surface area contributed by atoms with Gasteiger partial charge in [-0.15, -0.1) is 0 Å². The molecular weight excluding hydrogens is 430 g/mol. The van der Waals surface area contributed by atoms with Crippen molar-refractivity contribution in [1.29, 1.82) is 0 Å². The number of carbonyl (C=O) groups is 2. The van der Waals surface area contributed by atoms with Gasteiger partial charge in [0.25, 0.3) is 5.91 Å². The van der Waals surface area contributed by atoms with Crippen LogP contribution in [0, 0.1) is 5.41 Å². The van der Waals surface area contributed by atoms with Crippen LogP contribution in [-0.4, -0.2) is 34.1 Å². The molecule has 1 aromatic carbocycles. The standard InChI is InChI=1S/C24H22ClN3O4/c1-24(2,13-29)21(30)9-14-8-15-10-19(28-22(15)26-12-14)17-11-16(5-6-18(17)25)27-23(31)20-4-3-7-32-20/h3-8,11-12,29H,9-10,13H2,1-2H3,(H,27,31). The smallest absolute Gasteiger partial charge is 0.291 e. The number of amides is 1. The predicted octanol–water partition coefficient (Wildman–Crippen LogP) is 4.39. The monoisotopic (exact) mass is 451 g/mol. The van der Waals surface area contributed by atoms with Crippen LogP contribution in [0.15, 0.2) is 58.3 Å². The molecule has 32 heavy (non-hydrogen) atoms. The molecule has 0 fully saturated rings. The number of hydrogen-bond acceptors (Lipinski definition) is 6. The number of Topliss-reactive ketones (excluding diaryl/α,β-unsaturated/α-hetero) is 1. The summed E-state index contributed by atoms with van der Waals surface area (Å²) in [5.74, 6) is 0.382. The fourth-order valence-electron chi connectivity index (χ4n) is 3.32. The largest absolute Gasteiger partial charge is 0.459 e. The summed E-state index contributed by atoms with van der Waals surface area (Å²) in [6.07, 6.45) is 3.77. The van der Waals surface area contributed by atoms with Crippen LogP contribution in [0.3, 0.4) is 0 Å². The minimum Gasteiger partial charge on any atom is -0.459 e. The Kier molecular flexibility index (Phi) is 5.95. The quantitative estimate of drug-likeness (QED) is 0.554. The number of hydrogen-bond donors (Lipinski definition) is 2. The second-order valence-corrected chi connectivity index (χ2v) is 8.74. The molecule has 2 aromatic heterocycles. The molecule has 3 heterocycles. The minimum atomic E-state index is -0.797. The first kappa shape index (κ1) is 21.9. The fourth-order valence-corrected chi connectivity index (χ4v) is 3.55. The Morgan fingerprint density at radius 3 is 2.78 bits per heavy atom. The van der Waals surface area contributed by atoms with Gasteiger partial charge in [0.15, 0.2) is 11.6 Å². The number of fused-ring (bicyclic) bond motifs is 1. The topological polar surface area (TPSA) is 105 Å². The van der Waals surface area contributed by atoms with Crippen molar-refractivity contribution in [3.63, 3.8) is 0 Å². The summed E-state index contributed by atoms with van der Waals surface area (Å²) in [5, 5.41) is 12.7. The number of aliphatic imine (C=N–C) groups is 1. The summed E-state index contributed by atoms with van der Waals surface area (Å²) in [6.45, 7) is 3.23. The molecule has 1 aliphatic heterocycles. The number of halogens is 1. The lowest BCUT2D eigenvalue weighted by Crippen LogP contribution is -2.29. The summed E-state index contributed by atoms with van der Waals surface area (Å²) >= 11 is 6.42.